The average Bonchev–Trinajstić information content (AvgIpc) is 2.64. The maximum atomic E-state index is 4.06. The highest BCUT2D eigenvalue weighted by Crippen LogP contribution is 1.96. The molecule has 0 N–H and O–H groups in total. The summed E-state index contributed by atoms with van der Waals surface area (Å²) in [5.74, 6) is 0. The second-order valence-corrected chi connectivity index (χ2v) is 2.79. The molecule has 1 aromatic carbocycles. The van der Waals surface area contributed by atoms with Crippen molar-refractivity contribution in [3.63, 3.8) is 0 Å². The molecule has 56 valence electrons. The second kappa shape index (κ2) is 1.88. The Morgan fingerprint density at radius 1 is 1.00 bits per heavy atom. The summed E-state index contributed by atoms with van der Waals surface area (Å²) in [6.45, 7) is 0. The van der Waals surface area contributed by atoms with Gasteiger partial charge in [0.15, 0.2) is 0 Å². The lowest BCUT2D eigenvalue weighted by atomic mass is 10.1. The molecule has 2 heterocycles. The van der Waals surface area contributed by atoms with E-state index in [9.17, 15) is 0 Å². The van der Waals surface area contributed by atoms with Crippen molar-refractivity contribution < 1.29 is 0 Å². The van der Waals surface area contributed by atoms with Crippen LogP contribution < -0.4 is 10.6 Å². The van der Waals surface area contributed by atoms with Crippen LogP contribution in [0.4, 0.5) is 0 Å². The normalized spacial score (nSPS) is 15.3. The molecule has 0 aliphatic carbocycles. The number of nitrogens with zero attached hydrogens (tertiary/aromatic N) is 3. The Balaban J connectivity index is 2.50. The van der Waals surface area contributed by atoms with Crippen LogP contribution in [-0.4, -0.2) is 12.4 Å². The van der Waals surface area contributed by atoms with E-state index in [1.165, 1.54) is 0 Å². The fourth-order valence-electron chi connectivity index (χ4n) is 1.40. The third-order valence-electron chi connectivity index (χ3n) is 2.02. The largest absolute Gasteiger partial charge is 0.263 e. The van der Waals surface area contributed by atoms with Crippen LogP contribution in [0.1, 0.15) is 11.1 Å². The van der Waals surface area contributed by atoms with Gasteiger partial charge >= 0.3 is 0 Å². The van der Waals surface area contributed by atoms with E-state index in [1.807, 2.05) is 18.5 Å². The topological polar surface area (TPSA) is 37.1 Å². The number of hydrogen-bond donors (Lipinski definition) is 0. The van der Waals surface area contributed by atoms with Gasteiger partial charge in [0.05, 0.1) is 11.6 Å². The highest BCUT2D eigenvalue weighted by Gasteiger charge is 2.04. The average molecular weight is 155 g/mol. The summed E-state index contributed by atoms with van der Waals surface area (Å²) in [4.78, 5) is 4.06. The number of hydrogen-bond acceptors (Lipinski definition) is 3. The molecule has 3 nitrogen and oxygen atoms in total. The molecule has 3 rings (SSSR count). The summed E-state index contributed by atoms with van der Waals surface area (Å²) in [7, 11) is 0. The lowest BCUT2D eigenvalue weighted by Gasteiger charge is -1.90. The van der Waals surface area contributed by atoms with Crippen molar-refractivity contribution in [3.05, 3.63) is 33.8 Å². The first-order valence-corrected chi connectivity index (χ1v) is 3.72. The molecule has 0 aromatic heterocycles. The Morgan fingerprint density at radius 3 is 3.00 bits per heavy atom. The van der Waals surface area contributed by atoms with Gasteiger partial charge < -0.3 is 0 Å². The van der Waals surface area contributed by atoms with E-state index in [0.717, 1.165) is 21.7 Å². The summed E-state index contributed by atoms with van der Waals surface area (Å²) in [6.07, 6.45) is 5.45. The van der Waals surface area contributed by atoms with Crippen molar-refractivity contribution in [2.75, 3.05) is 0 Å². The number of fused-ring (bicyclic) bond motifs is 2. The molecule has 2 aliphatic rings. The first kappa shape index (κ1) is 5.83. The van der Waals surface area contributed by atoms with Crippen molar-refractivity contribution in [1.82, 2.24) is 0 Å². The number of aliphatic imine (C=N–C) groups is 1. The molecule has 3 heteroatoms. The summed E-state index contributed by atoms with van der Waals surface area (Å²) in [5, 5.41) is 9.89. The van der Waals surface area contributed by atoms with Gasteiger partial charge in [-0.25, -0.2) is 0 Å². The smallest absolute Gasteiger partial charge is 0.0952 e. The molecule has 0 saturated heterocycles. The highest BCUT2D eigenvalue weighted by molar-refractivity contribution is 5.88. The fourth-order valence-corrected chi connectivity index (χ4v) is 1.40. The molecule has 1 aromatic rings. The molecule has 0 saturated carbocycles. The Bertz CT molecular complexity index is 474. The fraction of sp³-hybridized carbons (Fsp3) is 0. The minimum absolute atomic E-state index is 0.940. The van der Waals surface area contributed by atoms with Crippen LogP contribution in [0.2, 0.25) is 0 Å². The maximum absolute atomic E-state index is 4.06. The zero-order valence-corrected chi connectivity index (χ0v) is 6.23. The molecule has 0 radical (unpaired) electrons. The van der Waals surface area contributed by atoms with Crippen molar-refractivity contribution >= 4 is 18.6 Å². The van der Waals surface area contributed by atoms with Crippen LogP contribution >= 0.6 is 0 Å². The second-order valence-electron chi connectivity index (χ2n) is 2.79. The quantitative estimate of drug-likeness (QED) is 0.498. The van der Waals surface area contributed by atoms with Crippen LogP contribution in [0.3, 0.4) is 0 Å². The summed E-state index contributed by atoms with van der Waals surface area (Å²) < 4.78 is 0. The van der Waals surface area contributed by atoms with Crippen LogP contribution in [0.15, 0.2) is 27.3 Å². The molecule has 0 atom stereocenters. The van der Waals surface area contributed by atoms with Crippen LogP contribution in [-0.2, 0) is 0 Å². The van der Waals surface area contributed by atoms with E-state index < -0.39 is 0 Å². The van der Waals surface area contributed by atoms with Crippen molar-refractivity contribution in [2.24, 2.45) is 15.2 Å². The van der Waals surface area contributed by atoms with Crippen LogP contribution in [0, 0.1) is 0 Å². The molecule has 12 heavy (non-hydrogen) atoms. The Kier molecular flexibility index (Phi) is 0.913. The zero-order valence-electron chi connectivity index (χ0n) is 6.23. The van der Waals surface area contributed by atoms with Crippen molar-refractivity contribution in [3.8, 4) is 0 Å². The predicted octanol–water partition coefficient (Wildman–Crippen LogP) is -0.176. The third kappa shape index (κ3) is 0.625. The van der Waals surface area contributed by atoms with Gasteiger partial charge in [0.1, 0.15) is 0 Å². The first-order chi connectivity index (χ1) is 5.93. The van der Waals surface area contributed by atoms with Gasteiger partial charge in [-0.1, -0.05) is 0 Å². The van der Waals surface area contributed by atoms with Crippen LogP contribution in [0.25, 0.3) is 6.20 Å². The summed E-state index contributed by atoms with van der Waals surface area (Å²) in [5.41, 5.74) is 2.21. The van der Waals surface area contributed by atoms with Crippen LogP contribution in [0.5, 0.6) is 0 Å². The number of rotatable bonds is 0. The lowest BCUT2D eigenvalue weighted by Crippen LogP contribution is -2.15. The molecule has 0 amide bonds. The maximum Gasteiger partial charge on any atom is 0.0952 e. The SMILES string of the molecule is C1=NC=c2cc3c(cc21)=NN=C3. The molecule has 0 fully saturated rings. The summed E-state index contributed by atoms with van der Waals surface area (Å²) in [6, 6.07) is 4.06. The van der Waals surface area contributed by atoms with E-state index in [1.54, 1.807) is 6.21 Å². The van der Waals surface area contributed by atoms with Crippen molar-refractivity contribution in [2.45, 2.75) is 0 Å². The van der Waals surface area contributed by atoms with E-state index in [2.05, 4.69) is 21.3 Å². The minimum atomic E-state index is 0.940. The molecular weight excluding hydrogens is 150 g/mol. The monoisotopic (exact) mass is 155 g/mol. The Labute approximate surface area is 68.5 Å². The van der Waals surface area contributed by atoms with E-state index in [4.69, 9.17) is 0 Å². The van der Waals surface area contributed by atoms with Gasteiger partial charge in [-0.05, 0) is 12.1 Å². The lowest BCUT2D eigenvalue weighted by molar-refractivity contribution is 1.18. The van der Waals surface area contributed by atoms with Gasteiger partial charge in [0, 0.05) is 28.8 Å². The predicted molar refractivity (Wildman–Crippen MR) is 46.9 cm³/mol. The minimum Gasteiger partial charge on any atom is -0.263 e. The van der Waals surface area contributed by atoms with Gasteiger partial charge in [-0.15, -0.1) is 0 Å². The molecule has 0 unspecified atom stereocenters. The van der Waals surface area contributed by atoms with Gasteiger partial charge in [0.25, 0.3) is 0 Å². The summed E-state index contributed by atoms with van der Waals surface area (Å²) >= 11 is 0. The molecular formula is C9H5N3. The van der Waals surface area contributed by atoms with E-state index in [-0.39, 0.29) is 0 Å². The Morgan fingerprint density at radius 2 is 2.00 bits per heavy atom. The van der Waals surface area contributed by atoms with E-state index in [0.29, 0.717) is 0 Å². The Hall–Kier alpha value is -1.77. The third-order valence-corrected chi connectivity index (χ3v) is 2.02. The highest BCUT2D eigenvalue weighted by atomic mass is 15.2. The van der Waals surface area contributed by atoms with E-state index >= 15 is 0 Å². The first-order valence-electron chi connectivity index (χ1n) is 3.72. The molecule has 0 spiro atoms. The van der Waals surface area contributed by atoms with Gasteiger partial charge in [-0.3, -0.25) is 4.99 Å². The number of benzene rings is 1. The van der Waals surface area contributed by atoms with Gasteiger partial charge in [0.2, 0.25) is 0 Å². The zero-order chi connectivity index (χ0) is 7.97. The van der Waals surface area contributed by atoms with Gasteiger partial charge in [-0.2, -0.15) is 10.2 Å². The van der Waals surface area contributed by atoms with Crippen molar-refractivity contribution in [1.29, 1.82) is 0 Å². The molecule has 2 aliphatic heterocycles. The standard InChI is InChI=1S/C9H5N3/c1-6-3-10-4-7(6)2-9-8(1)5-11-12-9/h1-5H. The molecule has 0 bridgehead atoms.